The Hall–Kier alpha value is -4.14. The number of ketones is 1. The van der Waals surface area contributed by atoms with Gasteiger partial charge >= 0.3 is 5.97 Å². The lowest BCUT2D eigenvalue weighted by atomic mass is 9.44. The van der Waals surface area contributed by atoms with Crippen LogP contribution in [0.4, 0.5) is 0 Å². The summed E-state index contributed by atoms with van der Waals surface area (Å²) in [6.07, 6.45) is 12.5. The van der Waals surface area contributed by atoms with Crippen LogP contribution in [0.15, 0.2) is 46.6 Å². The maximum absolute atomic E-state index is 15.2. The molecule has 286 valence electrons. The SMILES string of the molecule is COC(=O)C(C)=CCC12OC(C)(C)C3CC(C1=O)C1C4=C(OC(=N)C1C#N)c1c(OCBr)c5c(c(CC=C(C)C)c1OC432)OC(C)(CCC=C(C)C)C=C5. The number of hydrogen-bond donors (Lipinski definition) is 1. The monoisotopic (exact) mass is 800 g/mol. The fourth-order valence-electron chi connectivity index (χ4n) is 9.86. The van der Waals surface area contributed by atoms with Crippen LogP contribution in [0.5, 0.6) is 17.2 Å². The molecule has 3 saturated carbocycles. The standard InChI is InChI=1S/C43H49BrN2O8/c1-22(2)11-10-16-41(8)17-15-26-33(52-41)25(13-12-23(3)4)35-31(34(26)50-21-44)36-32-30(28(20-45)38(46)51-36)27-19-29-40(6,7)54-42(37(27)47,43(29,32)53-35)18-14-24(5)39(48)49-9/h11-12,14-15,17,27-30,46H,10,13,16,18-19,21H2,1-9H3. The highest BCUT2D eigenvalue weighted by atomic mass is 79.9. The fraction of sp³-hybridized carbons (Fsp3) is 0.535. The van der Waals surface area contributed by atoms with E-state index in [-0.39, 0.29) is 29.5 Å². The molecule has 1 saturated heterocycles. The number of Topliss-reactive ketones (excluding diaryl/α,β-unsaturated/α-hetero) is 1. The van der Waals surface area contributed by atoms with Crippen molar-refractivity contribution in [3.8, 4) is 23.3 Å². The van der Waals surface area contributed by atoms with E-state index in [1.165, 1.54) is 12.7 Å². The third-order valence-corrected chi connectivity index (χ3v) is 12.5. The van der Waals surface area contributed by atoms with Crippen LogP contribution in [0.3, 0.4) is 0 Å². The van der Waals surface area contributed by atoms with Crippen molar-refractivity contribution in [1.29, 1.82) is 10.7 Å². The molecule has 1 N–H and O–H groups in total. The summed E-state index contributed by atoms with van der Waals surface area (Å²) in [5.41, 5.74) is 0.892. The third kappa shape index (κ3) is 5.37. The first-order valence-electron chi connectivity index (χ1n) is 18.7. The van der Waals surface area contributed by atoms with Crippen LogP contribution >= 0.6 is 15.9 Å². The average molecular weight is 802 g/mol. The van der Waals surface area contributed by atoms with E-state index in [2.05, 4.69) is 61.0 Å². The van der Waals surface area contributed by atoms with Gasteiger partial charge in [0.2, 0.25) is 5.90 Å². The molecule has 4 fully saturated rings. The first kappa shape index (κ1) is 38.1. The second-order valence-electron chi connectivity index (χ2n) is 16.6. The maximum Gasteiger partial charge on any atom is 0.333 e. The largest absolute Gasteiger partial charge is 0.482 e. The molecule has 7 aliphatic rings. The number of fused-ring (bicyclic) bond motifs is 3. The minimum absolute atomic E-state index is 0.0252. The number of benzene rings is 1. The van der Waals surface area contributed by atoms with E-state index in [0.717, 1.165) is 29.5 Å². The molecule has 4 heterocycles. The topological polar surface area (TPSA) is 137 Å². The van der Waals surface area contributed by atoms with Crippen molar-refractivity contribution < 1.29 is 38.0 Å². The molecule has 1 aromatic rings. The van der Waals surface area contributed by atoms with Crippen molar-refractivity contribution in [3.63, 3.8) is 0 Å². The van der Waals surface area contributed by atoms with Gasteiger partial charge in [0.15, 0.2) is 17.0 Å². The minimum Gasteiger partial charge on any atom is -0.482 e. The van der Waals surface area contributed by atoms with Gasteiger partial charge in [-0.3, -0.25) is 10.2 Å². The Morgan fingerprint density at radius 3 is 2.46 bits per heavy atom. The Labute approximate surface area is 325 Å². The zero-order chi connectivity index (χ0) is 39.1. The number of allylic oxidation sites excluding steroid dienone is 4. The summed E-state index contributed by atoms with van der Waals surface area (Å²) in [5, 5.41) is 19.6. The van der Waals surface area contributed by atoms with Crippen molar-refractivity contribution >= 4 is 45.4 Å². The molecule has 4 aliphatic heterocycles. The molecule has 54 heavy (non-hydrogen) atoms. The van der Waals surface area contributed by atoms with Crippen LogP contribution in [0.1, 0.15) is 97.8 Å². The highest BCUT2D eigenvalue weighted by Gasteiger charge is 2.84. The highest BCUT2D eigenvalue weighted by molar-refractivity contribution is 9.09. The van der Waals surface area contributed by atoms with Crippen LogP contribution in [-0.4, -0.2) is 52.7 Å². The minimum atomic E-state index is -1.59. The van der Waals surface area contributed by atoms with Gasteiger partial charge < -0.3 is 28.4 Å². The second-order valence-corrected chi connectivity index (χ2v) is 17.1. The molecule has 7 atom stereocenters. The van der Waals surface area contributed by atoms with E-state index in [1.54, 1.807) is 13.0 Å². The van der Waals surface area contributed by atoms with Crippen LogP contribution < -0.4 is 14.2 Å². The van der Waals surface area contributed by atoms with Gasteiger partial charge in [-0.2, -0.15) is 5.26 Å². The Morgan fingerprint density at radius 2 is 1.81 bits per heavy atom. The summed E-state index contributed by atoms with van der Waals surface area (Å²) in [4.78, 5) is 27.9. The van der Waals surface area contributed by atoms with Crippen LogP contribution in [0.25, 0.3) is 11.8 Å². The lowest BCUT2D eigenvalue weighted by molar-refractivity contribution is -0.183. The number of esters is 1. The quantitative estimate of drug-likeness (QED) is 0.107. The van der Waals surface area contributed by atoms with Crippen LogP contribution in [0, 0.1) is 40.4 Å². The summed E-state index contributed by atoms with van der Waals surface area (Å²) in [5.74, 6) is -1.77. The van der Waals surface area contributed by atoms with Crippen molar-refractivity contribution in [1.82, 2.24) is 0 Å². The molecular formula is C43H49BrN2O8. The van der Waals surface area contributed by atoms with Gasteiger partial charge in [-0.05, 0) is 109 Å². The van der Waals surface area contributed by atoms with Crippen LogP contribution in [-0.2, 0) is 30.2 Å². The van der Waals surface area contributed by atoms with Gasteiger partial charge in [0, 0.05) is 40.9 Å². The number of hydrogen-bond acceptors (Lipinski definition) is 10. The predicted octanol–water partition coefficient (Wildman–Crippen LogP) is 8.72. The molecule has 4 bridgehead atoms. The Kier molecular flexibility index (Phi) is 9.37. The molecule has 7 unspecified atom stereocenters. The molecule has 3 aliphatic carbocycles. The molecule has 0 amide bonds. The molecule has 0 radical (unpaired) electrons. The summed E-state index contributed by atoms with van der Waals surface area (Å²) < 4.78 is 39.7. The smallest absolute Gasteiger partial charge is 0.333 e. The summed E-state index contributed by atoms with van der Waals surface area (Å²) >= 11 is 3.50. The Bertz CT molecular complexity index is 2060. The number of nitriles is 1. The lowest BCUT2D eigenvalue weighted by Crippen LogP contribution is -2.75. The number of nitrogens with one attached hydrogen (secondary N) is 1. The number of methoxy groups -OCH3 is 1. The van der Waals surface area contributed by atoms with E-state index >= 15 is 4.79 Å². The van der Waals surface area contributed by atoms with Crippen molar-refractivity contribution in [3.05, 3.63) is 63.3 Å². The van der Waals surface area contributed by atoms with E-state index < -0.39 is 46.1 Å². The van der Waals surface area contributed by atoms with Crippen LogP contribution in [0.2, 0.25) is 0 Å². The number of carbonyl (C=O) groups is 2. The molecule has 10 nitrogen and oxygen atoms in total. The summed E-state index contributed by atoms with van der Waals surface area (Å²) in [6, 6.07) is 2.30. The number of carbonyl (C=O) groups excluding carboxylic acids is 2. The van der Waals surface area contributed by atoms with Gasteiger partial charge in [-0.15, -0.1) is 0 Å². The number of halogens is 1. The van der Waals surface area contributed by atoms with Gasteiger partial charge in [0.25, 0.3) is 0 Å². The zero-order valence-corrected chi connectivity index (χ0v) is 34.1. The predicted molar refractivity (Wildman–Crippen MR) is 207 cm³/mol. The highest BCUT2D eigenvalue weighted by Crippen LogP contribution is 2.74. The molecular weight excluding hydrogens is 752 g/mol. The fourth-order valence-corrected chi connectivity index (χ4v) is 10.1. The van der Waals surface area contributed by atoms with E-state index in [0.29, 0.717) is 52.6 Å². The molecule has 1 spiro atoms. The molecule has 11 heteroatoms. The number of rotatable bonds is 10. The normalized spacial score (nSPS) is 31.9. The zero-order valence-electron chi connectivity index (χ0n) is 32.5. The maximum atomic E-state index is 15.2. The number of nitrogens with zero attached hydrogens (tertiary/aromatic N) is 1. The number of ether oxygens (including phenoxy) is 6. The van der Waals surface area contributed by atoms with E-state index in [4.69, 9.17) is 33.8 Å². The van der Waals surface area contributed by atoms with Crippen molar-refractivity contribution in [2.75, 3.05) is 12.6 Å². The van der Waals surface area contributed by atoms with Gasteiger partial charge in [0.05, 0.1) is 24.3 Å². The van der Waals surface area contributed by atoms with Crippen molar-refractivity contribution in [2.45, 2.75) is 110 Å². The second kappa shape index (κ2) is 13.3. The van der Waals surface area contributed by atoms with Crippen molar-refractivity contribution in [2.24, 2.45) is 23.7 Å². The molecule has 1 aromatic carbocycles. The molecule has 8 rings (SSSR count). The summed E-state index contributed by atoms with van der Waals surface area (Å²) in [6.45, 7) is 15.9. The third-order valence-electron chi connectivity index (χ3n) is 12.2. The first-order valence-corrected chi connectivity index (χ1v) is 19.8. The average Bonchev–Trinajstić information content (AvgIpc) is 3.25. The molecule has 0 aromatic heterocycles. The van der Waals surface area contributed by atoms with E-state index in [9.17, 15) is 10.1 Å². The first-order chi connectivity index (χ1) is 25.5. The number of alkyl halides is 1. The lowest BCUT2D eigenvalue weighted by Gasteiger charge is -2.62. The van der Waals surface area contributed by atoms with E-state index in [1.807, 2.05) is 33.8 Å². The van der Waals surface area contributed by atoms with Gasteiger partial charge in [0.1, 0.15) is 45.6 Å². The van der Waals surface area contributed by atoms with Gasteiger partial charge in [-0.1, -0.05) is 29.4 Å². The van der Waals surface area contributed by atoms with Gasteiger partial charge in [-0.25, -0.2) is 4.79 Å². The Balaban J connectivity index is 1.57. The Morgan fingerprint density at radius 1 is 1.09 bits per heavy atom. The summed E-state index contributed by atoms with van der Waals surface area (Å²) in [7, 11) is 1.32.